The summed E-state index contributed by atoms with van der Waals surface area (Å²) < 4.78 is 5.15. The first kappa shape index (κ1) is 23.5. The minimum atomic E-state index is -0.875. The molecule has 8 heteroatoms. The monoisotopic (exact) mass is 419 g/mol. The summed E-state index contributed by atoms with van der Waals surface area (Å²) >= 11 is 0. The summed E-state index contributed by atoms with van der Waals surface area (Å²) in [5.41, 5.74) is -0.0951. The topological polar surface area (TPSA) is 108 Å². The Kier molecular flexibility index (Phi) is 8.08. The number of likely N-dealkylation sites (N-methyl/N-ethyl adjacent to an activating group) is 1. The number of nitrogens with zero attached hydrogens (tertiary/aromatic N) is 1. The molecule has 0 aliphatic heterocycles. The molecule has 3 N–H and O–H groups in total. The first-order chi connectivity index (χ1) is 14.1. The molecule has 8 nitrogen and oxygen atoms in total. The molecule has 1 atom stereocenters. The van der Waals surface area contributed by atoms with Crippen molar-refractivity contribution in [3.05, 3.63) is 29.8 Å². The maximum atomic E-state index is 13.1. The predicted molar refractivity (Wildman–Crippen MR) is 113 cm³/mol. The molecule has 0 saturated heterocycles. The molecule has 30 heavy (non-hydrogen) atoms. The summed E-state index contributed by atoms with van der Waals surface area (Å²) in [5.74, 6) is -0.635. The molecule has 1 aliphatic carbocycles. The molecule has 1 aromatic rings. The van der Waals surface area contributed by atoms with Crippen LogP contribution >= 0.6 is 0 Å². The molecule has 1 unspecified atom stereocenters. The van der Waals surface area contributed by atoms with Gasteiger partial charge in [0, 0.05) is 13.1 Å². The largest absolute Gasteiger partial charge is 0.508 e. The molecule has 1 aromatic carbocycles. The molecule has 0 bridgehead atoms. The lowest BCUT2D eigenvalue weighted by Gasteiger charge is -2.31. The number of benzene rings is 1. The Morgan fingerprint density at radius 2 is 1.73 bits per heavy atom. The molecule has 0 heterocycles. The Hall–Kier alpha value is -2.77. The number of nitrogens with one attached hydrogen (secondary N) is 2. The number of amides is 3. The summed E-state index contributed by atoms with van der Waals surface area (Å²) in [7, 11) is 1.52. The van der Waals surface area contributed by atoms with Crippen molar-refractivity contribution in [2.45, 2.75) is 70.6 Å². The maximum absolute atomic E-state index is 13.1. The lowest BCUT2D eigenvalue weighted by molar-refractivity contribution is -0.139. The number of phenols is 1. The Labute approximate surface area is 178 Å². The zero-order chi connectivity index (χ0) is 22.3. The van der Waals surface area contributed by atoms with E-state index in [1.807, 2.05) is 0 Å². The van der Waals surface area contributed by atoms with Crippen LogP contribution in [0.3, 0.4) is 0 Å². The molecule has 0 spiro atoms. The Morgan fingerprint density at radius 1 is 1.13 bits per heavy atom. The van der Waals surface area contributed by atoms with E-state index in [2.05, 4.69) is 10.6 Å². The van der Waals surface area contributed by atoms with Gasteiger partial charge in [0.25, 0.3) is 0 Å². The first-order valence-corrected chi connectivity index (χ1v) is 10.4. The zero-order valence-corrected chi connectivity index (χ0v) is 18.2. The highest BCUT2D eigenvalue weighted by Crippen LogP contribution is 2.24. The van der Waals surface area contributed by atoms with Gasteiger partial charge in [0.1, 0.15) is 23.9 Å². The third-order valence-electron chi connectivity index (χ3n) is 4.97. The maximum Gasteiger partial charge on any atom is 0.408 e. The van der Waals surface area contributed by atoms with Crippen molar-refractivity contribution in [2.24, 2.45) is 0 Å². The number of rotatable bonds is 6. The van der Waals surface area contributed by atoms with E-state index in [1.165, 1.54) is 30.5 Å². The first-order valence-electron chi connectivity index (χ1n) is 10.4. The number of carbonyl (C=O) groups excluding carboxylic acids is 3. The zero-order valence-electron chi connectivity index (χ0n) is 18.2. The second-order valence-corrected chi connectivity index (χ2v) is 8.70. The minimum absolute atomic E-state index is 0.0748. The van der Waals surface area contributed by atoms with Gasteiger partial charge >= 0.3 is 6.09 Å². The molecular formula is C22H33N3O5. The number of ether oxygens (including phenoxy) is 1. The van der Waals surface area contributed by atoms with Gasteiger partial charge in [-0.1, -0.05) is 31.4 Å². The van der Waals surface area contributed by atoms with Gasteiger partial charge in [-0.05, 0) is 51.3 Å². The Bertz CT molecular complexity index is 736. The van der Waals surface area contributed by atoms with E-state index >= 15 is 0 Å². The average Bonchev–Trinajstić information content (AvgIpc) is 2.67. The summed E-state index contributed by atoms with van der Waals surface area (Å²) in [4.78, 5) is 39.0. The fourth-order valence-electron chi connectivity index (χ4n) is 3.47. The van der Waals surface area contributed by atoms with Gasteiger partial charge < -0.3 is 25.4 Å². The van der Waals surface area contributed by atoms with Crippen LogP contribution in [0.4, 0.5) is 4.79 Å². The van der Waals surface area contributed by atoms with Crippen molar-refractivity contribution in [2.75, 3.05) is 13.6 Å². The summed E-state index contributed by atoms with van der Waals surface area (Å²) in [6.07, 6.45) is 4.46. The van der Waals surface area contributed by atoms with E-state index in [4.69, 9.17) is 4.74 Å². The summed E-state index contributed by atoms with van der Waals surface area (Å²) in [6.45, 7) is 4.90. The van der Waals surface area contributed by atoms with Crippen LogP contribution in [0.5, 0.6) is 5.75 Å². The van der Waals surface area contributed by atoms with Crippen molar-refractivity contribution < 1.29 is 24.2 Å². The molecule has 1 fully saturated rings. The highest BCUT2D eigenvalue weighted by Gasteiger charge is 2.30. The molecule has 166 valence electrons. The minimum Gasteiger partial charge on any atom is -0.508 e. The Balaban J connectivity index is 2.10. The molecule has 1 aliphatic rings. The lowest BCUT2D eigenvalue weighted by atomic mass is 9.94. The standard InChI is InChI=1S/C22H33N3O5/c1-22(2,3)30-21(29)23-14-18(27)25(4)19(15-10-12-17(26)13-11-15)20(28)24-16-8-6-5-7-9-16/h10-13,16,19,26H,5-9,14H2,1-4H3,(H,23,29)(H,24,28). The third kappa shape index (κ3) is 7.24. The van der Waals surface area contributed by atoms with Crippen LogP contribution in [0.25, 0.3) is 0 Å². The molecule has 2 rings (SSSR count). The van der Waals surface area contributed by atoms with Gasteiger partial charge in [-0.15, -0.1) is 0 Å². The van der Waals surface area contributed by atoms with Crippen LogP contribution in [0.15, 0.2) is 24.3 Å². The van der Waals surface area contributed by atoms with Crippen LogP contribution in [0.1, 0.15) is 64.5 Å². The number of hydrogen-bond donors (Lipinski definition) is 3. The fourth-order valence-corrected chi connectivity index (χ4v) is 3.47. The van der Waals surface area contributed by atoms with Crippen LogP contribution in [-0.2, 0) is 14.3 Å². The fraction of sp³-hybridized carbons (Fsp3) is 0.591. The van der Waals surface area contributed by atoms with E-state index in [1.54, 1.807) is 32.9 Å². The predicted octanol–water partition coefficient (Wildman–Crippen LogP) is 2.87. The van der Waals surface area contributed by atoms with Gasteiger partial charge in [0.15, 0.2) is 0 Å². The van der Waals surface area contributed by atoms with Crippen LogP contribution in [0.2, 0.25) is 0 Å². The molecule has 3 amide bonds. The van der Waals surface area contributed by atoms with Crippen molar-refractivity contribution in [1.82, 2.24) is 15.5 Å². The second-order valence-electron chi connectivity index (χ2n) is 8.70. The normalized spacial score (nSPS) is 15.7. The summed E-state index contributed by atoms with van der Waals surface area (Å²) in [6, 6.07) is 5.41. The quantitative estimate of drug-likeness (QED) is 0.657. The highest BCUT2D eigenvalue weighted by atomic mass is 16.6. The van der Waals surface area contributed by atoms with Crippen molar-refractivity contribution >= 4 is 17.9 Å². The van der Waals surface area contributed by atoms with Crippen LogP contribution in [0, 0.1) is 0 Å². The third-order valence-corrected chi connectivity index (χ3v) is 4.97. The van der Waals surface area contributed by atoms with Gasteiger partial charge in [-0.25, -0.2) is 4.79 Å². The van der Waals surface area contributed by atoms with Gasteiger partial charge in [-0.3, -0.25) is 9.59 Å². The van der Waals surface area contributed by atoms with E-state index in [-0.39, 0.29) is 24.2 Å². The highest BCUT2D eigenvalue weighted by molar-refractivity contribution is 5.90. The number of hydrogen-bond acceptors (Lipinski definition) is 5. The van der Waals surface area contributed by atoms with Gasteiger partial charge in [-0.2, -0.15) is 0 Å². The van der Waals surface area contributed by atoms with Gasteiger partial charge in [0.2, 0.25) is 11.8 Å². The van der Waals surface area contributed by atoms with Crippen LogP contribution in [-0.4, -0.2) is 53.1 Å². The Morgan fingerprint density at radius 3 is 2.30 bits per heavy atom. The van der Waals surface area contributed by atoms with Crippen molar-refractivity contribution in [3.8, 4) is 5.75 Å². The number of carbonyl (C=O) groups is 3. The smallest absolute Gasteiger partial charge is 0.408 e. The van der Waals surface area contributed by atoms with E-state index in [0.717, 1.165) is 25.7 Å². The number of aromatic hydroxyl groups is 1. The molecular weight excluding hydrogens is 386 g/mol. The average molecular weight is 420 g/mol. The molecule has 0 aromatic heterocycles. The summed E-state index contributed by atoms with van der Waals surface area (Å²) in [5, 5.41) is 15.1. The SMILES string of the molecule is CN(C(=O)CNC(=O)OC(C)(C)C)C(C(=O)NC1CCCCC1)c1ccc(O)cc1. The van der Waals surface area contributed by atoms with E-state index < -0.39 is 23.6 Å². The second kappa shape index (κ2) is 10.3. The van der Waals surface area contributed by atoms with Crippen molar-refractivity contribution in [3.63, 3.8) is 0 Å². The van der Waals surface area contributed by atoms with E-state index in [0.29, 0.717) is 5.56 Å². The number of phenolic OH excluding ortho intramolecular Hbond substituents is 1. The van der Waals surface area contributed by atoms with Crippen LogP contribution < -0.4 is 10.6 Å². The molecule has 0 radical (unpaired) electrons. The number of alkyl carbamates (subject to hydrolysis) is 1. The molecule has 1 saturated carbocycles. The lowest BCUT2D eigenvalue weighted by Crippen LogP contribution is -2.48. The van der Waals surface area contributed by atoms with Gasteiger partial charge in [0.05, 0.1) is 0 Å². The van der Waals surface area contributed by atoms with E-state index in [9.17, 15) is 19.5 Å². The van der Waals surface area contributed by atoms with Crippen molar-refractivity contribution in [1.29, 1.82) is 0 Å².